The van der Waals surface area contributed by atoms with Crippen molar-refractivity contribution < 1.29 is 9.59 Å². The number of carbonyl (C=O) groups is 2. The fourth-order valence-corrected chi connectivity index (χ4v) is 2.78. The van der Waals surface area contributed by atoms with Gasteiger partial charge in [0.2, 0.25) is 5.91 Å². The lowest BCUT2D eigenvalue weighted by atomic mass is 10.0. The molecule has 26 heavy (non-hydrogen) atoms. The first-order valence-corrected chi connectivity index (χ1v) is 8.76. The van der Waals surface area contributed by atoms with Gasteiger partial charge in [-0.2, -0.15) is 0 Å². The Labute approximate surface area is 153 Å². The van der Waals surface area contributed by atoms with Gasteiger partial charge in [-0.05, 0) is 42.7 Å². The number of nitrogens with one attached hydrogen (secondary N) is 1. The Morgan fingerprint density at radius 2 is 1.27 bits per heavy atom. The highest BCUT2D eigenvalue weighted by molar-refractivity contribution is 6.09. The molecule has 3 aromatic rings. The fourth-order valence-electron chi connectivity index (χ4n) is 2.78. The summed E-state index contributed by atoms with van der Waals surface area (Å²) in [7, 11) is 0. The molecule has 0 aliphatic rings. The number of amides is 1. The molecule has 0 saturated carbocycles. The van der Waals surface area contributed by atoms with E-state index < -0.39 is 0 Å². The molecule has 0 aliphatic heterocycles. The third-order valence-electron chi connectivity index (χ3n) is 4.18. The lowest BCUT2D eigenvalue weighted by molar-refractivity contribution is -0.116. The normalized spacial score (nSPS) is 10.3. The predicted octanol–water partition coefficient (Wildman–Crippen LogP) is 4.88. The number of carbonyl (C=O) groups excluding carboxylic acids is 2. The lowest BCUT2D eigenvalue weighted by Gasteiger charge is -2.07. The number of rotatable bonds is 7. The maximum absolute atomic E-state index is 12.4. The van der Waals surface area contributed by atoms with Crippen molar-refractivity contribution in [3.63, 3.8) is 0 Å². The van der Waals surface area contributed by atoms with Crippen LogP contribution in [0.5, 0.6) is 0 Å². The Bertz CT molecular complexity index is 856. The van der Waals surface area contributed by atoms with E-state index in [2.05, 4.69) is 17.4 Å². The highest BCUT2D eigenvalue weighted by Crippen LogP contribution is 2.14. The number of aryl methyl sites for hydroxylation is 1. The van der Waals surface area contributed by atoms with Crippen molar-refractivity contribution in [3.05, 3.63) is 102 Å². The minimum atomic E-state index is -0.0219. The Balaban J connectivity index is 1.51. The number of anilines is 1. The second-order valence-corrected chi connectivity index (χ2v) is 6.16. The molecule has 1 amide bonds. The minimum Gasteiger partial charge on any atom is -0.326 e. The molecule has 0 aliphatic carbocycles. The molecule has 0 bridgehead atoms. The van der Waals surface area contributed by atoms with E-state index in [1.54, 1.807) is 36.4 Å². The molecular formula is C23H21NO2. The lowest BCUT2D eigenvalue weighted by Crippen LogP contribution is -2.11. The van der Waals surface area contributed by atoms with Gasteiger partial charge < -0.3 is 5.32 Å². The summed E-state index contributed by atoms with van der Waals surface area (Å²) < 4.78 is 0. The number of hydrogen-bond donors (Lipinski definition) is 1. The molecule has 1 N–H and O–H groups in total. The topological polar surface area (TPSA) is 46.2 Å². The largest absolute Gasteiger partial charge is 0.326 e. The zero-order valence-electron chi connectivity index (χ0n) is 14.5. The smallest absolute Gasteiger partial charge is 0.224 e. The van der Waals surface area contributed by atoms with Crippen molar-refractivity contribution in [2.24, 2.45) is 0 Å². The molecule has 0 saturated heterocycles. The second kappa shape index (κ2) is 8.77. The van der Waals surface area contributed by atoms with Gasteiger partial charge >= 0.3 is 0 Å². The Morgan fingerprint density at radius 1 is 0.692 bits per heavy atom. The van der Waals surface area contributed by atoms with E-state index in [-0.39, 0.29) is 11.7 Å². The van der Waals surface area contributed by atoms with Crippen LogP contribution >= 0.6 is 0 Å². The van der Waals surface area contributed by atoms with Gasteiger partial charge in [-0.25, -0.2) is 0 Å². The van der Waals surface area contributed by atoms with Crippen LogP contribution in [0.1, 0.15) is 34.3 Å². The van der Waals surface area contributed by atoms with E-state index in [0.717, 1.165) is 12.8 Å². The van der Waals surface area contributed by atoms with Gasteiger partial charge in [0.25, 0.3) is 0 Å². The quantitative estimate of drug-likeness (QED) is 0.622. The Morgan fingerprint density at radius 3 is 1.92 bits per heavy atom. The van der Waals surface area contributed by atoms with Crippen LogP contribution in [-0.4, -0.2) is 11.7 Å². The van der Waals surface area contributed by atoms with Gasteiger partial charge in [-0.3, -0.25) is 9.59 Å². The Hall–Kier alpha value is -3.20. The Kier molecular flexibility index (Phi) is 5.94. The average Bonchev–Trinajstić information content (AvgIpc) is 2.69. The van der Waals surface area contributed by atoms with Crippen molar-refractivity contribution in [2.75, 3.05) is 5.32 Å². The molecule has 0 heterocycles. The van der Waals surface area contributed by atoms with Gasteiger partial charge in [0.05, 0.1) is 0 Å². The summed E-state index contributed by atoms with van der Waals surface area (Å²) in [4.78, 5) is 24.4. The molecular weight excluding hydrogens is 322 g/mol. The predicted molar refractivity (Wildman–Crippen MR) is 104 cm³/mol. The summed E-state index contributed by atoms with van der Waals surface area (Å²) >= 11 is 0. The molecule has 3 nitrogen and oxygen atoms in total. The van der Waals surface area contributed by atoms with Crippen LogP contribution in [0.15, 0.2) is 84.9 Å². The van der Waals surface area contributed by atoms with Gasteiger partial charge in [0.1, 0.15) is 0 Å². The van der Waals surface area contributed by atoms with E-state index in [1.807, 2.05) is 36.4 Å². The van der Waals surface area contributed by atoms with Crippen LogP contribution < -0.4 is 5.32 Å². The summed E-state index contributed by atoms with van der Waals surface area (Å²) in [6.45, 7) is 0. The maximum Gasteiger partial charge on any atom is 0.224 e. The van der Waals surface area contributed by atoms with Crippen molar-refractivity contribution in [1.29, 1.82) is 0 Å². The maximum atomic E-state index is 12.4. The van der Waals surface area contributed by atoms with E-state index in [0.29, 0.717) is 23.2 Å². The second-order valence-electron chi connectivity index (χ2n) is 6.16. The SMILES string of the molecule is O=C(CCCc1ccccc1)Nc1ccc(C(=O)c2ccccc2)cc1. The first-order valence-electron chi connectivity index (χ1n) is 8.76. The van der Waals surface area contributed by atoms with Crippen LogP contribution in [0.25, 0.3) is 0 Å². The highest BCUT2D eigenvalue weighted by atomic mass is 16.1. The summed E-state index contributed by atoms with van der Waals surface area (Å²) in [5.74, 6) is -0.0330. The van der Waals surface area contributed by atoms with Gasteiger partial charge in [-0.1, -0.05) is 60.7 Å². The monoisotopic (exact) mass is 343 g/mol. The number of benzene rings is 3. The zero-order valence-corrected chi connectivity index (χ0v) is 14.5. The van der Waals surface area contributed by atoms with Crippen molar-refractivity contribution in [1.82, 2.24) is 0 Å². The molecule has 130 valence electrons. The van der Waals surface area contributed by atoms with Crippen LogP contribution in [-0.2, 0) is 11.2 Å². The van der Waals surface area contributed by atoms with Crippen LogP contribution in [0.3, 0.4) is 0 Å². The van der Waals surface area contributed by atoms with E-state index >= 15 is 0 Å². The third kappa shape index (κ3) is 4.90. The number of hydrogen-bond acceptors (Lipinski definition) is 2. The zero-order chi connectivity index (χ0) is 18.2. The van der Waals surface area contributed by atoms with Crippen molar-refractivity contribution >= 4 is 17.4 Å². The summed E-state index contributed by atoms with van der Waals surface area (Å²) in [6.07, 6.45) is 2.17. The van der Waals surface area contributed by atoms with Gasteiger partial charge in [-0.15, -0.1) is 0 Å². The first-order chi connectivity index (χ1) is 12.7. The van der Waals surface area contributed by atoms with E-state index in [4.69, 9.17) is 0 Å². The third-order valence-corrected chi connectivity index (χ3v) is 4.18. The molecule has 0 aromatic heterocycles. The van der Waals surface area contributed by atoms with Gasteiger partial charge in [0, 0.05) is 23.2 Å². The molecule has 0 unspecified atom stereocenters. The fraction of sp³-hybridized carbons (Fsp3) is 0.130. The van der Waals surface area contributed by atoms with E-state index in [9.17, 15) is 9.59 Å². The van der Waals surface area contributed by atoms with Crippen LogP contribution in [0.2, 0.25) is 0 Å². The summed E-state index contributed by atoms with van der Waals surface area (Å²) in [6, 6.07) is 26.3. The number of ketones is 1. The average molecular weight is 343 g/mol. The summed E-state index contributed by atoms with van der Waals surface area (Å²) in [5.41, 5.74) is 3.21. The molecule has 0 radical (unpaired) electrons. The summed E-state index contributed by atoms with van der Waals surface area (Å²) in [5, 5.41) is 2.88. The molecule has 3 heteroatoms. The van der Waals surface area contributed by atoms with Crippen molar-refractivity contribution in [3.8, 4) is 0 Å². The minimum absolute atomic E-state index is 0.0110. The van der Waals surface area contributed by atoms with E-state index in [1.165, 1.54) is 5.56 Å². The molecule has 3 aromatic carbocycles. The molecule has 3 rings (SSSR count). The molecule has 0 spiro atoms. The van der Waals surface area contributed by atoms with Crippen LogP contribution in [0.4, 0.5) is 5.69 Å². The van der Waals surface area contributed by atoms with Gasteiger partial charge in [0.15, 0.2) is 5.78 Å². The first kappa shape index (κ1) is 17.6. The standard InChI is InChI=1S/C23H21NO2/c25-22(13-7-10-18-8-3-1-4-9-18)24-21-16-14-20(15-17-21)23(26)19-11-5-2-6-12-19/h1-6,8-9,11-12,14-17H,7,10,13H2,(H,24,25). The molecule has 0 fully saturated rings. The molecule has 0 atom stereocenters. The highest BCUT2D eigenvalue weighted by Gasteiger charge is 2.09. The van der Waals surface area contributed by atoms with Crippen molar-refractivity contribution in [2.45, 2.75) is 19.3 Å². The van der Waals surface area contributed by atoms with Crippen LogP contribution in [0, 0.1) is 0 Å².